The molecule has 2 aromatic carbocycles. The summed E-state index contributed by atoms with van der Waals surface area (Å²) in [6, 6.07) is 16.0. The molecule has 5 nitrogen and oxygen atoms in total. The van der Waals surface area contributed by atoms with E-state index >= 15 is 0 Å². The number of piperidine rings is 1. The van der Waals surface area contributed by atoms with Crippen molar-refractivity contribution in [1.82, 2.24) is 14.9 Å². The molecule has 2 atom stereocenters. The summed E-state index contributed by atoms with van der Waals surface area (Å²) in [6.07, 6.45) is 4.96. The third-order valence-corrected chi connectivity index (χ3v) is 7.09. The molecule has 0 saturated carbocycles. The van der Waals surface area contributed by atoms with E-state index in [1.54, 1.807) is 0 Å². The fourth-order valence-corrected chi connectivity index (χ4v) is 5.39. The van der Waals surface area contributed by atoms with E-state index in [1.165, 1.54) is 0 Å². The van der Waals surface area contributed by atoms with Gasteiger partial charge in [0.25, 0.3) is 5.91 Å². The molecule has 1 fully saturated rings. The first-order valence-electron chi connectivity index (χ1n) is 11.7. The molecular weight excluding hydrogens is 398 g/mol. The molecule has 4 aromatic rings. The molecule has 0 spiro atoms. The Balaban J connectivity index is 1.37. The lowest BCUT2D eigenvalue weighted by Gasteiger charge is -2.33. The molecule has 2 aromatic heterocycles. The number of aryl methyl sites for hydroxylation is 1. The Hall–Kier alpha value is -3.21. The van der Waals surface area contributed by atoms with Crippen LogP contribution in [0.25, 0.3) is 22.0 Å². The molecule has 1 saturated heterocycles. The summed E-state index contributed by atoms with van der Waals surface area (Å²) in [4.78, 5) is 25.7. The standard InChI is InChI=1S/C27H27N3O2/c1-17-12-13-22-20(15-17)25(19-8-2-3-9-21(19)28-22)27(31)30-14-6-7-18(16-30)26-29-23-10-4-5-11-24(23)32-26/h2-5,8-11,17-18H,6-7,12-16H2,1H3. The number of likely N-dealkylation sites (tertiary alicyclic amines) is 1. The topological polar surface area (TPSA) is 59.2 Å². The molecule has 0 radical (unpaired) electrons. The van der Waals surface area contributed by atoms with Crippen LogP contribution in [-0.4, -0.2) is 33.9 Å². The first-order chi connectivity index (χ1) is 15.7. The molecule has 1 amide bonds. The Morgan fingerprint density at radius 3 is 2.72 bits per heavy atom. The highest BCUT2D eigenvalue weighted by atomic mass is 16.3. The van der Waals surface area contributed by atoms with E-state index in [2.05, 4.69) is 13.0 Å². The van der Waals surface area contributed by atoms with Gasteiger partial charge in [0.15, 0.2) is 11.5 Å². The second kappa shape index (κ2) is 7.73. The van der Waals surface area contributed by atoms with Crippen molar-refractivity contribution in [3.8, 4) is 0 Å². The number of nitrogens with zero attached hydrogens (tertiary/aromatic N) is 3. The SMILES string of the molecule is CC1CCc2nc3ccccc3c(C(=O)N3CCCC(c4nc5ccccc5o4)C3)c2C1. The minimum atomic E-state index is 0.128. The van der Waals surface area contributed by atoms with E-state index in [0.29, 0.717) is 12.5 Å². The second-order valence-corrected chi connectivity index (χ2v) is 9.39. The van der Waals surface area contributed by atoms with Crippen LogP contribution in [0.15, 0.2) is 52.9 Å². The summed E-state index contributed by atoms with van der Waals surface area (Å²) in [5.41, 5.74) is 5.77. The Kier molecular flexibility index (Phi) is 4.71. The molecule has 3 heterocycles. The fraction of sp³-hybridized carbons (Fsp3) is 0.370. The van der Waals surface area contributed by atoms with Crippen LogP contribution in [0.3, 0.4) is 0 Å². The van der Waals surface area contributed by atoms with Crippen molar-refractivity contribution in [3.63, 3.8) is 0 Å². The van der Waals surface area contributed by atoms with Gasteiger partial charge in [-0.1, -0.05) is 37.3 Å². The van der Waals surface area contributed by atoms with Crippen LogP contribution < -0.4 is 0 Å². The van der Waals surface area contributed by atoms with Crippen molar-refractivity contribution in [2.75, 3.05) is 13.1 Å². The van der Waals surface area contributed by atoms with E-state index in [-0.39, 0.29) is 11.8 Å². The summed E-state index contributed by atoms with van der Waals surface area (Å²) in [6.45, 7) is 3.69. The lowest BCUT2D eigenvalue weighted by molar-refractivity contribution is 0.0699. The average Bonchev–Trinajstić information content (AvgIpc) is 3.27. The lowest BCUT2D eigenvalue weighted by atomic mass is 9.83. The van der Waals surface area contributed by atoms with Gasteiger partial charge in [-0.3, -0.25) is 9.78 Å². The van der Waals surface area contributed by atoms with Crippen LogP contribution in [0.2, 0.25) is 0 Å². The number of rotatable bonds is 2. The van der Waals surface area contributed by atoms with Crippen LogP contribution >= 0.6 is 0 Å². The van der Waals surface area contributed by atoms with Gasteiger partial charge in [-0.25, -0.2) is 4.98 Å². The van der Waals surface area contributed by atoms with Gasteiger partial charge in [0.05, 0.1) is 17.0 Å². The normalized spacial score (nSPS) is 21.1. The number of hydrogen-bond donors (Lipinski definition) is 0. The van der Waals surface area contributed by atoms with Gasteiger partial charge in [-0.15, -0.1) is 0 Å². The van der Waals surface area contributed by atoms with Crippen molar-refractivity contribution in [3.05, 3.63) is 71.2 Å². The first kappa shape index (κ1) is 19.5. The summed E-state index contributed by atoms with van der Waals surface area (Å²) < 4.78 is 6.06. The maximum absolute atomic E-state index is 14.0. The Morgan fingerprint density at radius 2 is 1.84 bits per heavy atom. The molecule has 2 aliphatic rings. The van der Waals surface area contributed by atoms with Gasteiger partial charge in [0.2, 0.25) is 0 Å². The van der Waals surface area contributed by atoms with Crippen LogP contribution in [0.5, 0.6) is 0 Å². The zero-order valence-electron chi connectivity index (χ0n) is 18.4. The molecular formula is C27H27N3O2. The predicted molar refractivity (Wildman–Crippen MR) is 125 cm³/mol. The predicted octanol–water partition coefficient (Wildman–Crippen LogP) is 5.52. The van der Waals surface area contributed by atoms with Crippen molar-refractivity contribution in [2.24, 2.45) is 5.92 Å². The molecule has 2 unspecified atom stereocenters. The van der Waals surface area contributed by atoms with E-state index < -0.39 is 0 Å². The van der Waals surface area contributed by atoms with E-state index in [9.17, 15) is 4.79 Å². The molecule has 162 valence electrons. The Morgan fingerprint density at radius 1 is 1.03 bits per heavy atom. The molecule has 0 N–H and O–H groups in total. The van der Waals surface area contributed by atoms with Crippen LogP contribution in [-0.2, 0) is 12.8 Å². The summed E-state index contributed by atoms with van der Waals surface area (Å²) in [7, 11) is 0. The van der Waals surface area contributed by atoms with Crippen LogP contribution in [0.4, 0.5) is 0 Å². The second-order valence-electron chi connectivity index (χ2n) is 9.39. The van der Waals surface area contributed by atoms with E-state index in [1.807, 2.05) is 47.4 Å². The maximum Gasteiger partial charge on any atom is 0.254 e. The zero-order valence-corrected chi connectivity index (χ0v) is 18.4. The monoisotopic (exact) mass is 425 g/mol. The van der Waals surface area contributed by atoms with Gasteiger partial charge in [-0.2, -0.15) is 0 Å². The number of amides is 1. The molecule has 5 heteroatoms. The smallest absolute Gasteiger partial charge is 0.254 e. The minimum Gasteiger partial charge on any atom is -0.440 e. The molecule has 6 rings (SSSR count). The Labute approximate surface area is 187 Å². The van der Waals surface area contributed by atoms with Crippen molar-refractivity contribution >= 4 is 27.9 Å². The summed E-state index contributed by atoms with van der Waals surface area (Å²) in [5, 5.41) is 0.981. The fourth-order valence-electron chi connectivity index (χ4n) is 5.39. The zero-order chi connectivity index (χ0) is 21.7. The van der Waals surface area contributed by atoms with Crippen LogP contribution in [0, 0.1) is 5.92 Å². The molecule has 0 bridgehead atoms. The lowest BCUT2D eigenvalue weighted by Crippen LogP contribution is -2.40. The van der Waals surface area contributed by atoms with Crippen molar-refractivity contribution in [1.29, 1.82) is 0 Å². The molecule has 1 aliphatic carbocycles. The van der Waals surface area contributed by atoms with E-state index in [0.717, 1.165) is 83.4 Å². The van der Waals surface area contributed by atoms with E-state index in [4.69, 9.17) is 14.4 Å². The number of carbonyl (C=O) groups is 1. The van der Waals surface area contributed by atoms with Gasteiger partial charge >= 0.3 is 0 Å². The first-order valence-corrected chi connectivity index (χ1v) is 11.7. The number of para-hydroxylation sites is 3. The average molecular weight is 426 g/mol. The minimum absolute atomic E-state index is 0.128. The third kappa shape index (κ3) is 3.27. The maximum atomic E-state index is 14.0. The highest BCUT2D eigenvalue weighted by Crippen LogP contribution is 2.34. The number of hydrogen-bond acceptors (Lipinski definition) is 4. The molecule has 32 heavy (non-hydrogen) atoms. The Bertz CT molecular complexity index is 1290. The van der Waals surface area contributed by atoms with Gasteiger partial charge in [-0.05, 0) is 61.8 Å². The highest BCUT2D eigenvalue weighted by molar-refractivity contribution is 6.07. The van der Waals surface area contributed by atoms with Crippen LogP contribution in [0.1, 0.15) is 59.6 Å². The summed E-state index contributed by atoms with van der Waals surface area (Å²) in [5.74, 6) is 1.59. The largest absolute Gasteiger partial charge is 0.440 e. The summed E-state index contributed by atoms with van der Waals surface area (Å²) >= 11 is 0. The number of oxazole rings is 1. The quantitative estimate of drug-likeness (QED) is 0.424. The third-order valence-electron chi connectivity index (χ3n) is 7.09. The van der Waals surface area contributed by atoms with Gasteiger partial charge < -0.3 is 9.32 Å². The van der Waals surface area contributed by atoms with Gasteiger partial charge in [0.1, 0.15) is 5.52 Å². The number of carbonyl (C=O) groups excluding carboxylic acids is 1. The highest BCUT2D eigenvalue weighted by Gasteiger charge is 2.32. The van der Waals surface area contributed by atoms with Crippen molar-refractivity contribution < 1.29 is 9.21 Å². The number of benzene rings is 2. The molecule has 1 aliphatic heterocycles. The number of aromatic nitrogens is 2. The van der Waals surface area contributed by atoms with Gasteiger partial charge in [0, 0.05) is 24.2 Å². The number of pyridine rings is 1. The number of fused-ring (bicyclic) bond motifs is 3. The van der Waals surface area contributed by atoms with Crippen molar-refractivity contribution in [2.45, 2.75) is 44.9 Å².